The number of nitrogens with zero attached hydrogens (tertiary/aromatic N) is 1. The van der Waals surface area contributed by atoms with Crippen LogP contribution in [0.2, 0.25) is 0 Å². The van der Waals surface area contributed by atoms with Gasteiger partial charge in [-0.1, -0.05) is 18.2 Å². The molecule has 1 aromatic rings. The maximum Gasteiger partial charge on any atom is 0.219 e. The van der Waals surface area contributed by atoms with Crippen LogP contribution in [0.4, 0.5) is 0 Å². The molecule has 0 saturated carbocycles. The molecule has 19 heavy (non-hydrogen) atoms. The molecule has 0 radical (unpaired) electrons. The SMILES string of the molecule is CN(Cc1cccc(C(=N)N)c1)S(=O)(=O)C(C)(C)C. The van der Waals surface area contributed by atoms with Crippen LogP contribution >= 0.6 is 0 Å². The average Bonchev–Trinajstić information content (AvgIpc) is 2.27. The first-order valence-corrected chi connectivity index (χ1v) is 7.39. The number of rotatable bonds is 4. The molecular weight excluding hydrogens is 262 g/mol. The van der Waals surface area contributed by atoms with Crippen LogP contribution in [-0.2, 0) is 16.6 Å². The molecular formula is C13H21N3O2S. The topological polar surface area (TPSA) is 87.2 Å². The Balaban J connectivity index is 2.98. The van der Waals surface area contributed by atoms with E-state index in [9.17, 15) is 8.42 Å². The number of nitrogen functional groups attached to an aromatic ring is 1. The van der Waals surface area contributed by atoms with Crippen LogP contribution in [0.3, 0.4) is 0 Å². The highest BCUT2D eigenvalue weighted by molar-refractivity contribution is 7.90. The standard InChI is InChI=1S/C13H21N3O2S/c1-13(2,3)19(17,18)16(4)9-10-6-5-7-11(8-10)12(14)15/h5-8H,9H2,1-4H3,(H3,14,15). The molecule has 0 spiro atoms. The van der Waals surface area contributed by atoms with Crippen molar-refractivity contribution >= 4 is 15.9 Å². The molecule has 0 atom stereocenters. The molecule has 0 aliphatic carbocycles. The molecule has 0 amide bonds. The molecule has 0 heterocycles. The highest BCUT2D eigenvalue weighted by Crippen LogP contribution is 2.20. The molecule has 5 nitrogen and oxygen atoms in total. The lowest BCUT2D eigenvalue weighted by Crippen LogP contribution is -2.40. The number of hydrogen-bond acceptors (Lipinski definition) is 3. The van der Waals surface area contributed by atoms with Crippen molar-refractivity contribution in [3.8, 4) is 0 Å². The van der Waals surface area contributed by atoms with E-state index in [1.54, 1.807) is 46.0 Å². The molecule has 3 N–H and O–H groups in total. The number of amidine groups is 1. The number of hydrogen-bond donors (Lipinski definition) is 2. The van der Waals surface area contributed by atoms with Crippen molar-refractivity contribution in [1.82, 2.24) is 4.31 Å². The minimum Gasteiger partial charge on any atom is -0.384 e. The quantitative estimate of drug-likeness (QED) is 0.649. The summed E-state index contributed by atoms with van der Waals surface area (Å²) in [6.45, 7) is 5.28. The Morgan fingerprint density at radius 2 is 1.95 bits per heavy atom. The van der Waals surface area contributed by atoms with Crippen LogP contribution in [0.1, 0.15) is 31.9 Å². The fraction of sp³-hybridized carbons (Fsp3) is 0.462. The third-order valence-electron chi connectivity index (χ3n) is 2.83. The van der Waals surface area contributed by atoms with E-state index >= 15 is 0 Å². The summed E-state index contributed by atoms with van der Waals surface area (Å²) in [6, 6.07) is 7.05. The molecule has 0 unspecified atom stereocenters. The van der Waals surface area contributed by atoms with Gasteiger partial charge in [0, 0.05) is 19.2 Å². The smallest absolute Gasteiger partial charge is 0.219 e. The van der Waals surface area contributed by atoms with Gasteiger partial charge in [0.1, 0.15) is 5.84 Å². The van der Waals surface area contributed by atoms with Crippen molar-refractivity contribution in [1.29, 1.82) is 5.41 Å². The van der Waals surface area contributed by atoms with Gasteiger partial charge >= 0.3 is 0 Å². The molecule has 0 aliphatic heterocycles. The van der Waals surface area contributed by atoms with Crippen LogP contribution < -0.4 is 5.73 Å². The zero-order valence-corrected chi connectivity index (χ0v) is 12.6. The summed E-state index contributed by atoms with van der Waals surface area (Å²) >= 11 is 0. The largest absolute Gasteiger partial charge is 0.384 e. The number of benzene rings is 1. The normalized spacial score (nSPS) is 12.7. The lowest BCUT2D eigenvalue weighted by molar-refractivity contribution is 0.442. The predicted molar refractivity (Wildman–Crippen MR) is 77.6 cm³/mol. The van der Waals surface area contributed by atoms with E-state index in [0.717, 1.165) is 5.56 Å². The van der Waals surface area contributed by atoms with E-state index in [-0.39, 0.29) is 12.4 Å². The van der Waals surface area contributed by atoms with Crippen LogP contribution in [0.15, 0.2) is 24.3 Å². The monoisotopic (exact) mass is 283 g/mol. The first kappa shape index (κ1) is 15.7. The molecule has 0 fully saturated rings. The van der Waals surface area contributed by atoms with Crippen molar-refractivity contribution in [3.63, 3.8) is 0 Å². The highest BCUT2D eigenvalue weighted by atomic mass is 32.2. The summed E-state index contributed by atoms with van der Waals surface area (Å²) in [5.41, 5.74) is 6.82. The molecule has 0 saturated heterocycles. The van der Waals surface area contributed by atoms with Crippen molar-refractivity contribution in [3.05, 3.63) is 35.4 Å². The fourth-order valence-corrected chi connectivity index (χ4v) is 2.90. The van der Waals surface area contributed by atoms with E-state index in [1.165, 1.54) is 4.31 Å². The Bertz CT molecular complexity index is 574. The summed E-state index contributed by atoms with van der Waals surface area (Å²) in [6.07, 6.45) is 0. The third-order valence-corrected chi connectivity index (χ3v) is 5.32. The maximum absolute atomic E-state index is 12.2. The van der Waals surface area contributed by atoms with Gasteiger partial charge in [0.15, 0.2) is 0 Å². The first-order valence-electron chi connectivity index (χ1n) is 5.95. The lowest BCUT2D eigenvalue weighted by Gasteiger charge is -2.27. The van der Waals surface area contributed by atoms with Gasteiger partial charge in [0.05, 0.1) is 4.75 Å². The number of sulfonamides is 1. The van der Waals surface area contributed by atoms with Gasteiger partial charge in [-0.25, -0.2) is 12.7 Å². The summed E-state index contributed by atoms with van der Waals surface area (Å²) in [7, 11) is -1.80. The second kappa shape index (κ2) is 5.30. The molecule has 6 heteroatoms. The summed E-state index contributed by atoms with van der Waals surface area (Å²) in [5, 5.41) is 7.38. The van der Waals surface area contributed by atoms with Crippen molar-refractivity contribution in [2.24, 2.45) is 5.73 Å². The van der Waals surface area contributed by atoms with E-state index in [2.05, 4.69) is 0 Å². The molecule has 0 aliphatic rings. The van der Waals surface area contributed by atoms with Gasteiger partial charge < -0.3 is 5.73 Å². The van der Waals surface area contributed by atoms with Crippen LogP contribution in [0.5, 0.6) is 0 Å². The van der Waals surface area contributed by atoms with Crippen LogP contribution in [0, 0.1) is 5.41 Å². The van der Waals surface area contributed by atoms with Crippen molar-refractivity contribution in [2.45, 2.75) is 32.1 Å². The predicted octanol–water partition coefficient (Wildman–Crippen LogP) is 1.53. The van der Waals surface area contributed by atoms with Gasteiger partial charge in [-0.2, -0.15) is 0 Å². The van der Waals surface area contributed by atoms with Gasteiger partial charge in [-0.05, 0) is 32.4 Å². The van der Waals surface area contributed by atoms with E-state index < -0.39 is 14.8 Å². The number of nitrogens with one attached hydrogen (secondary N) is 1. The molecule has 1 aromatic carbocycles. The summed E-state index contributed by atoms with van der Waals surface area (Å²) in [4.78, 5) is 0. The van der Waals surface area contributed by atoms with E-state index in [1.807, 2.05) is 6.07 Å². The Labute approximate surface area is 115 Å². The highest BCUT2D eigenvalue weighted by Gasteiger charge is 2.32. The third kappa shape index (κ3) is 3.54. The molecule has 0 bridgehead atoms. The van der Waals surface area contributed by atoms with Crippen molar-refractivity contribution in [2.75, 3.05) is 7.05 Å². The van der Waals surface area contributed by atoms with Gasteiger partial charge in [-0.3, -0.25) is 5.41 Å². The summed E-state index contributed by atoms with van der Waals surface area (Å²) in [5.74, 6) is -0.0248. The van der Waals surface area contributed by atoms with Gasteiger partial charge in [0.25, 0.3) is 0 Å². The van der Waals surface area contributed by atoms with E-state index in [0.29, 0.717) is 5.56 Å². The second-order valence-electron chi connectivity index (χ2n) is 5.49. The average molecular weight is 283 g/mol. The molecule has 0 aromatic heterocycles. The Kier molecular flexibility index (Phi) is 4.37. The first-order chi connectivity index (χ1) is 8.55. The zero-order valence-electron chi connectivity index (χ0n) is 11.8. The Hall–Kier alpha value is -1.40. The lowest BCUT2D eigenvalue weighted by atomic mass is 10.1. The fourth-order valence-electron chi connectivity index (χ4n) is 1.65. The molecule has 1 rings (SSSR count). The van der Waals surface area contributed by atoms with Gasteiger partial charge in [0.2, 0.25) is 10.0 Å². The second-order valence-corrected chi connectivity index (χ2v) is 8.29. The minimum absolute atomic E-state index is 0.0248. The summed E-state index contributed by atoms with van der Waals surface area (Å²) < 4.78 is 25.0. The van der Waals surface area contributed by atoms with Crippen LogP contribution in [-0.4, -0.2) is 30.4 Å². The Morgan fingerprint density at radius 1 is 1.37 bits per heavy atom. The zero-order chi connectivity index (χ0) is 14.8. The van der Waals surface area contributed by atoms with Crippen LogP contribution in [0.25, 0.3) is 0 Å². The number of nitrogens with two attached hydrogens (primary N) is 1. The maximum atomic E-state index is 12.2. The Morgan fingerprint density at radius 3 is 2.42 bits per heavy atom. The van der Waals surface area contributed by atoms with Crippen molar-refractivity contribution < 1.29 is 8.42 Å². The van der Waals surface area contributed by atoms with E-state index in [4.69, 9.17) is 11.1 Å². The molecule has 106 valence electrons. The van der Waals surface area contributed by atoms with Gasteiger partial charge in [-0.15, -0.1) is 0 Å². The minimum atomic E-state index is -3.36.